The topological polar surface area (TPSA) is 43.1 Å². The molecule has 0 fully saturated rings. The number of rotatable bonds is 2. The van der Waals surface area contributed by atoms with E-state index in [4.69, 9.17) is 0 Å². The Balaban J connectivity index is 2.12. The third-order valence-electron chi connectivity index (χ3n) is 2.43. The van der Waals surface area contributed by atoms with Gasteiger partial charge in [-0.15, -0.1) is 10.2 Å². The molecule has 0 saturated carbocycles. The third-order valence-corrected chi connectivity index (χ3v) is 3.46. The van der Waals surface area contributed by atoms with Crippen LogP contribution in [0.1, 0.15) is 0 Å². The average molecular weight is 300 g/mol. The number of aromatic nitrogens is 4. The summed E-state index contributed by atoms with van der Waals surface area (Å²) in [4.78, 5) is 1.63. The van der Waals surface area contributed by atoms with E-state index in [1.165, 1.54) is 4.40 Å². The first kappa shape index (κ1) is 12.9. The van der Waals surface area contributed by atoms with Crippen molar-refractivity contribution in [3.05, 3.63) is 47.9 Å². The minimum Gasteiger partial charge on any atom is -0.277 e. The molecule has 4 nitrogen and oxygen atoms in total. The molecule has 0 aliphatic carbocycles. The van der Waals surface area contributed by atoms with E-state index in [1.54, 1.807) is 24.4 Å². The van der Waals surface area contributed by atoms with Crippen molar-refractivity contribution in [1.82, 2.24) is 19.6 Å². The summed E-state index contributed by atoms with van der Waals surface area (Å²) in [6.45, 7) is 0. The summed E-state index contributed by atoms with van der Waals surface area (Å²) in [6.07, 6.45) is 1.56. The van der Waals surface area contributed by atoms with E-state index in [9.17, 15) is 17.6 Å². The molecule has 0 N–H and O–H groups in total. The second-order valence-corrected chi connectivity index (χ2v) is 4.64. The summed E-state index contributed by atoms with van der Waals surface area (Å²) in [7, 11) is 0. The van der Waals surface area contributed by atoms with Gasteiger partial charge in [-0.25, -0.2) is 8.78 Å². The molecule has 0 spiro atoms. The zero-order valence-corrected chi connectivity index (χ0v) is 10.3. The van der Waals surface area contributed by atoms with Gasteiger partial charge in [0.05, 0.1) is 4.90 Å². The fourth-order valence-electron chi connectivity index (χ4n) is 1.54. The zero-order chi connectivity index (χ0) is 14.3. The van der Waals surface area contributed by atoms with E-state index in [2.05, 4.69) is 15.2 Å². The Bertz CT molecular complexity index is 778. The van der Waals surface area contributed by atoms with Crippen molar-refractivity contribution in [2.24, 2.45) is 0 Å². The molecule has 0 bridgehead atoms. The van der Waals surface area contributed by atoms with E-state index in [-0.39, 0.29) is 5.16 Å². The van der Waals surface area contributed by atoms with Gasteiger partial charge in [-0.05, 0) is 23.9 Å². The molecule has 3 aromatic rings. The minimum atomic E-state index is -1.71. The first-order chi connectivity index (χ1) is 9.58. The summed E-state index contributed by atoms with van der Waals surface area (Å²) in [5.74, 6) is -6.55. The molecule has 102 valence electrons. The van der Waals surface area contributed by atoms with E-state index >= 15 is 0 Å². The molecule has 3 heterocycles. The lowest BCUT2D eigenvalue weighted by atomic mass is 10.4. The SMILES string of the molecule is Fc1nc(F)c(F)c(Sc2nnc3ccccn23)c1F. The molecule has 20 heavy (non-hydrogen) atoms. The summed E-state index contributed by atoms with van der Waals surface area (Å²) < 4.78 is 54.5. The standard InChI is InChI=1S/C11H4F4N4S/c12-6-8(7(13)10(15)16-9(6)14)20-11-18-17-5-3-1-2-4-19(5)11/h1-4H. The van der Waals surface area contributed by atoms with Crippen LogP contribution in [0.4, 0.5) is 17.6 Å². The molecule has 0 radical (unpaired) electrons. The lowest BCUT2D eigenvalue weighted by molar-refractivity contribution is 0.383. The molecule has 3 rings (SSSR count). The lowest BCUT2D eigenvalue weighted by Gasteiger charge is -2.04. The number of fused-ring (bicyclic) bond motifs is 1. The van der Waals surface area contributed by atoms with Crippen LogP contribution in [0.25, 0.3) is 5.65 Å². The highest BCUT2D eigenvalue weighted by Gasteiger charge is 2.23. The number of hydrogen-bond donors (Lipinski definition) is 0. The molecular weight excluding hydrogens is 296 g/mol. The van der Waals surface area contributed by atoms with E-state index < -0.39 is 28.4 Å². The van der Waals surface area contributed by atoms with Crippen LogP contribution in [-0.4, -0.2) is 19.6 Å². The first-order valence-electron chi connectivity index (χ1n) is 5.25. The Kier molecular flexibility index (Phi) is 3.05. The average Bonchev–Trinajstić information content (AvgIpc) is 2.85. The van der Waals surface area contributed by atoms with Crippen molar-refractivity contribution in [2.75, 3.05) is 0 Å². The molecule has 0 aliphatic rings. The Morgan fingerprint density at radius 3 is 2.35 bits per heavy atom. The Morgan fingerprint density at radius 1 is 0.950 bits per heavy atom. The highest BCUT2D eigenvalue weighted by Crippen LogP contribution is 2.32. The summed E-state index contributed by atoms with van der Waals surface area (Å²) in [5, 5.41) is 7.55. The molecule has 0 aliphatic heterocycles. The van der Waals surface area contributed by atoms with Crippen LogP contribution in [0.2, 0.25) is 0 Å². The minimum absolute atomic E-state index is 0.0726. The fraction of sp³-hybridized carbons (Fsp3) is 0. The van der Waals surface area contributed by atoms with Crippen LogP contribution >= 0.6 is 11.8 Å². The maximum atomic E-state index is 13.5. The Morgan fingerprint density at radius 2 is 1.65 bits per heavy atom. The monoisotopic (exact) mass is 300 g/mol. The van der Waals surface area contributed by atoms with Gasteiger partial charge in [-0.3, -0.25) is 4.40 Å². The molecule has 0 saturated heterocycles. The van der Waals surface area contributed by atoms with E-state index in [0.29, 0.717) is 17.4 Å². The van der Waals surface area contributed by atoms with Gasteiger partial charge in [0.25, 0.3) is 11.9 Å². The van der Waals surface area contributed by atoms with E-state index in [0.717, 1.165) is 0 Å². The van der Waals surface area contributed by atoms with E-state index in [1.807, 2.05) is 0 Å². The molecular formula is C11H4F4N4S. The molecule has 9 heteroatoms. The van der Waals surface area contributed by atoms with Crippen LogP contribution in [0.15, 0.2) is 34.4 Å². The van der Waals surface area contributed by atoms with Crippen LogP contribution in [0.5, 0.6) is 0 Å². The number of halogens is 4. The highest BCUT2D eigenvalue weighted by atomic mass is 32.2. The maximum Gasteiger partial charge on any atom is 0.252 e. The van der Waals surface area contributed by atoms with Gasteiger partial charge >= 0.3 is 0 Å². The van der Waals surface area contributed by atoms with Crippen molar-refractivity contribution in [3.63, 3.8) is 0 Å². The molecule has 0 amide bonds. The van der Waals surface area contributed by atoms with Gasteiger partial charge in [0.1, 0.15) is 0 Å². The number of hydrogen-bond acceptors (Lipinski definition) is 4. The van der Waals surface area contributed by atoms with Crippen molar-refractivity contribution < 1.29 is 17.6 Å². The van der Waals surface area contributed by atoms with Crippen molar-refractivity contribution in [3.8, 4) is 0 Å². The molecule has 0 unspecified atom stereocenters. The molecule has 0 aromatic carbocycles. The normalized spacial score (nSPS) is 11.2. The van der Waals surface area contributed by atoms with Gasteiger partial charge in [0.15, 0.2) is 17.3 Å². The number of pyridine rings is 2. The van der Waals surface area contributed by atoms with Gasteiger partial charge in [0.2, 0.25) is 5.16 Å². The fourth-order valence-corrected chi connectivity index (χ4v) is 2.40. The lowest BCUT2D eigenvalue weighted by Crippen LogP contribution is -2.02. The van der Waals surface area contributed by atoms with Gasteiger partial charge in [-0.1, -0.05) is 6.07 Å². The van der Waals surface area contributed by atoms with Crippen molar-refractivity contribution in [1.29, 1.82) is 0 Å². The van der Waals surface area contributed by atoms with Crippen LogP contribution in [-0.2, 0) is 0 Å². The molecule has 0 atom stereocenters. The van der Waals surface area contributed by atoms with Gasteiger partial charge < -0.3 is 0 Å². The summed E-state index contributed by atoms with van der Waals surface area (Å²) in [6, 6.07) is 4.98. The third kappa shape index (κ3) is 1.99. The van der Waals surface area contributed by atoms with Crippen molar-refractivity contribution in [2.45, 2.75) is 10.1 Å². The maximum absolute atomic E-state index is 13.5. The Labute approximate surface area is 113 Å². The predicted molar refractivity (Wildman–Crippen MR) is 61.2 cm³/mol. The van der Waals surface area contributed by atoms with Crippen LogP contribution in [0.3, 0.4) is 0 Å². The Hall–Kier alpha value is -2.16. The quantitative estimate of drug-likeness (QED) is 0.539. The predicted octanol–water partition coefficient (Wildman–Crippen LogP) is 2.83. The smallest absolute Gasteiger partial charge is 0.252 e. The largest absolute Gasteiger partial charge is 0.277 e. The van der Waals surface area contributed by atoms with Crippen molar-refractivity contribution >= 4 is 17.4 Å². The first-order valence-corrected chi connectivity index (χ1v) is 6.07. The summed E-state index contributed by atoms with van der Waals surface area (Å²) >= 11 is 0.425. The van der Waals surface area contributed by atoms with Crippen LogP contribution < -0.4 is 0 Å². The van der Waals surface area contributed by atoms with Gasteiger partial charge in [0, 0.05) is 6.20 Å². The highest BCUT2D eigenvalue weighted by molar-refractivity contribution is 7.99. The summed E-state index contributed by atoms with van der Waals surface area (Å²) in [5.41, 5.74) is 0.436. The molecule has 3 aromatic heterocycles. The van der Waals surface area contributed by atoms with Gasteiger partial charge in [-0.2, -0.15) is 13.8 Å². The second-order valence-electron chi connectivity index (χ2n) is 3.66. The second kappa shape index (κ2) is 4.75. The zero-order valence-electron chi connectivity index (χ0n) is 9.52. The van der Waals surface area contributed by atoms with Crippen LogP contribution in [0, 0.1) is 23.5 Å². The number of nitrogens with zero attached hydrogens (tertiary/aromatic N) is 4.